The van der Waals surface area contributed by atoms with Crippen LogP contribution in [0.5, 0.6) is 0 Å². The van der Waals surface area contributed by atoms with Gasteiger partial charge in [0.2, 0.25) is 0 Å². The number of piperidine rings is 1. The molecule has 4 rings (SSSR count). The van der Waals surface area contributed by atoms with Crippen LogP contribution in [0.3, 0.4) is 0 Å². The molecule has 1 aliphatic rings. The van der Waals surface area contributed by atoms with Crippen LogP contribution in [-0.2, 0) is 0 Å². The Hall–Kier alpha value is -2.64. The van der Waals surface area contributed by atoms with Crippen LogP contribution in [0.1, 0.15) is 22.5 Å². The van der Waals surface area contributed by atoms with Crippen molar-refractivity contribution in [3.8, 4) is 11.3 Å². The summed E-state index contributed by atoms with van der Waals surface area (Å²) in [5, 5.41) is 1.90. The Kier molecular flexibility index (Phi) is 5.45. The Balaban J connectivity index is 1.70. The molecule has 1 aliphatic heterocycles. The van der Waals surface area contributed by atoms with Gasteiger partial charge in [0.25, 0.3) is 5.91 Å². The molecule has 1 aromatic carbocycles. The van der Waals surface area contributed by atoms with Crippen molar-refractivity contribution in [3.05, 3.63) is 64.9 Å². The van der Waals surface area contributed by atoms with Gasteiger partial charge < -0.3 is 4.90 Å². The first-order valence-corrected chi connectivity index (χ1v) is 10.1. The predicted octanol–water partition coefficient (Wildman–Crippen LogP) is 4.09. The highest BCUT2D eigenvalue weighted by atomic mass is 32.1. The van der Waals surface area contributed by atoms with Crippen molar-refractivity contribution < 1.29 is 9.18 Å². The second-order valence-corrected chi connectivity index (χ2v) is 7.90. The summed E-state index contributed by atoms with van der Waals surface area (Å²) in [5.74, 6) is 0.193. The van der Waals surface area contributed by atoms with Crippen molar-refractivity contribution in [1.82, 2.24) is 14.9 Å². The number of hydrogen-bond donors (Lipinski definition) is 0. The maximum Gasteiger partial charge on any atom is 0.269 e. The smallest absolute Gasteiger partial charge is 0.269 e. The van der Waals surface area contributed by atoms with Crippen molar-refractivity contribution >= 4 is 23.1 Å². The highest BCUT2D eigenvalue weighted by Crippen LogP contribution is 2.27. The van der Waals surface area contributed by atoms with Crippen LogP contribution in [0.4, 0.5) is 10.2 Å². The molecule has 0 N–H and O–H groups in total. The van der Waals surface area contributed by atoms with Crippen molar-refractivity contribution in [3.63, 3.8) is 0 Å². The van der Waals surface area contributed by atoms with Crippen molar-refractivity contribution in [2.75, 3.05) is 25.0 Å². The monoisotopic (exact) mass is 396 g/mol. The van der Waals surface area contributed by atoms with Crippen LogP contribution >= 0.6 is 11.3 Å². The third-order valence-electron chi connectivity index (χ3n) is 5.01. The topological polar surface area (TPSA) is 49.3 Å². The third-order valence-corrected chi connectivity index (χ3v) is 5.87. The lowest BCUT2D eigenvalue weighted by molar-refractivity contribution is 0.0966. The van der Waals surface area contributed by atoms with Gasteiger partial charge in [0.05, 0.1) is 23.0 Å². The molecule has 1 fully saturated rings. The molecule has 0 spiro atoms. The van der Waals surface area contributed by atoms with Gasteiger partial charge in [-0.25, -0.2) is 9.37 Å². The third kappa shape index (κ3) is 3.95. The molecule has 1 amide bonds. The number of carbonyl (C=O) groups excluding carboxylic acids is 1. The summed E-state index contributed by atoms with van der Waals surface area (Å²) in [7, 11) is 2.09. The van der Waals surface area contributed by atoms with E-state index >= 15 is 0 Å². The minimum atomic E-state index is -0.298. The largest absolute Gasteiger partial charge is 0.306 e. The van der Waals surface area contributed by atoms with Crippen molar-refractivity contribution in [2.24, 2.45) is 0 Å². The number of likely N-dealkylation sites (tertiary alicyclic amines) is 1. The van der Waals surface area contributed by atoms with Crippen LogP contribution in [0.25, 0.3) is 11.3 Å². The number of halogens is 1. The van der Waals surface area contributed by atoms with E-state index in [0.29, 0.717) is 16.4 Å². The number of carbonyl (C=O) groups is 1. The van der Waals surface area contributed by atoms with Crippen LogP contribution < -0.4 is 4.90 Å². The summed E-state index contributed by atoms with van der Waals surface area (Å²) in [6, 6.07) is 9.93. The van der Waals surface area contributed by atoms with Gasteiger partial charge in [-0.1, -0.05) is 6.07 Å². The van der Waals surface area contributed by atoms with Crippen LogP contribution in [0.2, 0.25) is 0 Å². The Labute approximate surface area is 167 Å². The molecule has 0 atom stereocenters. The molecule has 144 valence electrons. The molecule has 7 heteroatoms. The molecule has 0 aliphatic carbocycles. The molecular formula is C21H21FN4OS. The number of aromatic nitrogens is 2. The molecule has 0 radical (unpaired) electrons. The van der Waals surface area contributed by atoms with E-state index in [-0.39, 0.29) is 17.8 Å². The van der Waals surface area contributed by atoms with E-state index in [4.69, 9.17) is 4.98 Å². The molecule has 28 heavy (non-hydrogen) atoms. The Morgan fingerprint density at radius 1 is 1.18 bits per heavy atom. The fourth-order valence-corrected chi connectivity index (χ4v) is 4.12. The summed E-state index contributed by atoms with van der Waals surface area (Å²) in [4.78, 5) is 27.1. The molecule has 0 bridgehead atoms. The fraction of sp³-hybridized carbons (Fsp3) is 0.286. The van der Waals surface area contributed by atoms with Gasteiger partial charge in [-0.15, -0.1) is 11.3 Å². The zero-order valence-electron chi connectivity index (χ0n) is 15.6. The molecule has 3 heterocycles. The number of benzene rings is 1. The van der Waals surface area contributed by atoms with E-state index in [0.717, 1.165) is 31.5 Å². The number of amides is 1. The van der Waals surface area contributed by atoms with Crippen LogP contribution in [0, 0.1) is 5.82 Å². The summed E-state index contributed by atoms with van der Waals surface area (Å²) < 4.78 is 13.3. The quantitative estimate of drug-likeness (QED) is 0.667. The molecule has 1 saturated heterocycles. The first-order valence-electron chi connectivity index (χ1n) is 9.25. The first-order chi connectivity index (χ1) is 13.6. The standard InChI is InChI=1S/C21H21FN4OS/c1-25-10-8-17(9-11-25)26(21(27)19-3-2-12-28-19)20-14-23-13-18(24-20)15-4-6-16(22)7-5-15/h2-7,12-14,17H,8-11H2,1H3. The van der Waals surface area contributed by atoms with Crippen LogP contribution in [0.15, 0.2) is 54.2 Å². The van der Waals surface area contributed by atoms with Crippen molar-refractivity contribution in [2.45, 2.75) is 18.9 Å². The summed E-state index contributed by atoms with van der Waals surface area (Å²) in [6.45, 7) is 1.87. The van der Waals surface area contributed by atoms with E-state index in [1.807, 2.05) is 17.5 Å². The Morgan fingerprint density at radius 3 is 2.61 bits per heavy atom. The zero-order valence-corrected chi connectivity index (χ0v) is 16.4. The molecule has 0 saturated carbocycles. The number of nitrogens with zero attached hydrogens (tertiary/aromatic N) is 4. The molecule has 5 nitrogen and oxygen atoms in total. The first kappa shape index (κ1) is 18.7. The highest BCUT2D eigenvalue weighted by molar-refractivity contribution is 7.12. The van der Waals surface area contributed by atoms with Gasteiger partial charge in [0.1, 0.15) is 5.82 Å². The molecular weight excluding hydrogens is 375 g/mol. The summed E-state index contributed by atoms with van der Waals surface area (Å²) in [6.07, 6.45) is 5.04. The second-order valence-electron chi connectivity index (χ2n) is 6.96. The lowest BCUT2D eigenvalue weighted by Crippen LogP contribution is -2.47. The normalized spacial score (nSPS) is 15.5. The second kappa shape index (κ2) is 8.16. The van der Waals surface area contributed by atoms with E-state index in [2.05, 4.69) is 16.9 Å². The minimum Gasteiger partial charge on any atom is -0.306 e. The number of hydrogen-bond acceptors (Lipinski definition) is 5. The lowest BCUT2D eigenvalue weighted by Gasteiger charge is -2.36. The van der Waals surface area contributed by atoms with Gasteiger partial charge in [-0.2, -0.15) is 0 Å². The maximum absolute atomic E-state index is 13.3. The average molecular weight is 396 g/mol. The van der Waals surface area contributed by atoms with Crippen molar-refractivity contribution in [1.29, 1.82) is 0 Å². The van der Waals surface area contributed by atoms with Gasteiger partial charge in [0.15, 0.2) is 5.82 Å². The summed E-state index contributed by atoms with van der Waals surface area (Å²) in [5.41, 5.74) is 1.39. The maximum atomic E-state index is 13.3. The Bertz CT molecular complexity index is 937. The van der Waals surface area contributed by atoms with Gasteiger partial charge in [-0.05, 0) is 68.7 Å². The fourth-order valence-electron chi connectivity index (χ4n) is 3.46. The number of rotatable bonds is 4. The highest BCUT2D eigenvalue weighted by Gasteiger charge is 2.30. The Morgan fingerprint density at radius 2 is 1.93 bits per heavy atom. The predicted molar refractivity (Wildman–Crippen MR) is 109 cm³/mol. The van der Waals surface area contributed by atoms with E-state index < -0.39 is 0 Å². The molecule has 0 unspecified atom stereocenters. The average Bonchev–Trinajstić information content (AvgIpc) is 3.25. The van der Waals surface area contributed by atoms with E-state index in [9.17, 15) is 9.18 Å². The SMILES string of the molecule is CN1CCC(N(C(=O)c2cccs2)c2cncc(-c3ccc(F)cc3)n2)CC1. The van der Waals surface area contributed by atoms with E-state index in [1.165, 1.54) is 23.5 Å². The number of anilines is 1. The van der Waals surface area contributed by atoms with Gasteiger partial charge >= 0.3 is 0 Å². The minimum absolute atomic E-state index is 0.0462. The molecule has 3 aromatic rings. The van der Waals surface area contributed by atoms with Gasteiger partial charge in [0, 0.05) is 11.6 Å². The van der Waals surface area contributed by atoms with Crippen LogP contribution in [-0.4, -0.2) is 47.0 Å². The lowest BCUT2D eigenvalue weighted by atomic mass is 10.0. The van der Waals surface area contributed by atoms with Gasteiger partial charge in [-0.3, -0.25) is 14.7 Å². The van der Waals surface area contributed by atoms with E-state index in [1.54, 1.807) is 29.4 Å². The molecule has 2 aromatic heterocycles. The summed E-state index contributed by atoms with van der Waals surface area (Å²) >= 11 is 1.43. The zero-order chi connectivity index (χ0) is 19.5. The number of thiophene rings is 1.